The minimum Gasteiger partial charge on any atom is -0.439 e. The largest absolute Gasteiger partial charge is 0.439 e. The van der Waals surface area contributed by atoms with E-state index >= 15 is 0 Å². The van der Waals surface area contributed by atoms with Crippen LogP contribution in [0.25, 0.3) is 0 Å². The van der Waals surface area contributed by atoms with Crippen LogP contribution in [0.3, 0.4) is 0 Å². The molecular formula is C19H25N3O6S. The SMILES string of the molecule is CCN(CC)S(=O)(=O)c1ccc(C(=O)N2CCC(N3C(=O)COC3=O)CC2)cc1. The lowest BCUT2D eigenvalue weighted by Gasteiger charge is -2.34. The fourth-order valence-electron chi connectivity index (χ4n) is 3.71. The minimum absolute atomic E-state index is 0.155. The van der Waals surface area contributed by atoms with Crippen LogP contribution < -0.4 is 0 Å². The third-order valence-corrected chi connectivity index (χ3v) is 7.41. The number of ether oxygens (including phenoxy) is 1. The van der Waals surface area contributed by atoms with E-state index in [9.17, 15) is 22.8 Å². The van der Waals surface area contributed by atoms with Gasteiger partial charge >= 0.3 is 6.09 Å². The summed E-state index contributed by atoms with van der Waals surface area (Å²) in [6.45, 7) is 4.89. The van der Waals surface area contributed by atoms with Gasteiger partial charge < -0.3 is 9.64 Å². The maximum absolute atomic E-state index is 12.8. The van der Waals surface area contributed by atoms with Crippen LogP contribution >= 0.6 is 0 Å². The lowest BCUT2D eigenvalue weighted by atomic mass is 10.0. The van der Waals surface area contributed by atoms with Gasteiger partial charge in [-0.1, -0.05) is 13.8 Å². The standard InChI is InChI=1S/C19H25N3O6S/c1-3-21(4-2)29(26,27)16-7-5-14(6-8-16)18(24)20-11-9-15(10-12-20)22-17(23)13-28-19(22)25/h5-8,15H,3-4,9-13H2,1-2H3. The van der Waals surface area contributed by atoms with Gasteiger partial charge in [0.05, 0.1) is 4.90 Å². The van der Waals surface area contributed by atoms with E-state index in [4.69, 9.17) is 4.74 Å². The fourth-order valence-corrected chi connectivity index (χ4v) is 5.17. The van der Waals surface area contributed by atoms with Crippen molar-refractivity contribution in [3.05, 3.63) is 29.8 Å². The third kappa shape index (κ3) is 4.13. The molecule has 29 heavy (non-hydrogen) atoms. The van der Waals surface area contributed by atoms with Crippen LogP contribution in [0.2, 0.25) is 0 Å². The lowest BCUT2D eigenvalue weighted by Crippen LogP contribution is -2.48. The first-order valence-electron chi connectivity index (χ1n) is 9.67. The highest BCUT2D eigenvalue weighted by molar-refractivity contribution is 7.89. The van der Waals surface area contributed by atoms with Gasteiger partial charge in [0.25, 0.3) is 11.8 Å². The van der Waals surface area contributed by atoms with E-state index in [1.807, 2.05) is 0 Å². The van der Waals surface area contributed by atoms with Gasteiger partial charge in [0.1, 0.15) is 0 Å². The van der Waals surface area contributed by atoms with Gasteiger partial charge in [-0.25, -0.2) is 18.1 Å². The molecule has 0 N–H and O–H groups in total. The van der Waals surface area contributed by atoms with Crippen molar-refractivity contribution in [2.75, 3.05) is 32.8 Å². The Morgan fingerprint density at radius 3 is 2.17 bits per heavy atom. The Morgan fingerprint density at radius 2 is 1.69 bits per heavy atom. The average Bonchev–Trinajstić information content (AvgIpc) is 3.06. The molecule has 0 radical (unpaired) electrons. The van der Waals surface area contributed by atoms with Crippen molar-refractivity contribution < 1.29 is 27.5 Å². The van der Waals surface area contributed by atoms with Crippen molar-refractivity contribution in [2.45, 2.75) is 37.6 Å². The number of carbonyl (C=O) groups excluding carboxylic acids is 3. The van der Waals surface area contributed by atoms with Gasteiger partial charge in [0.15, 0.2) is 6.61 Å². The molecule has 1 aromatic rings. The topological polar surface area (TPSA) is 104 Å². The van der Waals surface area contributed by atoms with Crippen molar-refractivity contribution in [3.8, 4) is 0 Å². The zero-order valence-electron chi connectivity index (χ0n) is 16.5. The lowest BCUT2D eigenvalue weighted by molar-refractivity contribution is -0.127. The Kier molecular flexibility index (Phi) is 6.23. The molecule has 0 unspecified atom stereocenters. The molecule has 2 heterocycles. The van der Waals surface area contributed by atoms with E-state index in [0.717, 1.165) is 4.90 Å². The molecule has 3 rings (SSSR count). The van der Waals surface area contributed by atoms with Crippen LogP contribution in [0.5, 0.6) is 0 Å². The Morgan fingerprint density at radius 1 is 1.10 bits per heavy atom. The normalized spacial score (nSPS) is 18.4. The second-order valence-electron chi connectivity index (χ2n) is 6.96. The van der Waals surface area contributed by atoms with E-state index in [2.05, 4.69) is 0 Å². The van der Waals surface area contributed by atoms with Crippen molar-refractivity contribution in [1.82, 2.24) is 14.1 Å². The Balaban J connectivity index is 1.64. The van der Waals surface area contributed by atoms with Crippen molar-refractivity contribution >= 4 is 27.9 Å². The number of rotatable bonds is 6. The molecule has 2 saturated heterocycles. The highest BCUT2D eigenvalue weighted by Gasteiger charge is 2.39. The van der Waals surface area contributed by atoms with Crippen molar-refractivity contribution in [3.63, 3.8) is 0 Å². The molecule has 2 aliphatic heterocycles. The van der Waals surface area contributed by atoms with Gasteiger partial charge in [-0.05, 0) is 37.1 Å². The summed E-state index contributed by atoms with van der Waals surface area (Å²) in [6.07, 6.45) is 0.354. The van der Waals surface area contributed by atoms with Gasteiger partial charge in [0.2, 0.25) is 10.0 Å². The summed E-state index contributed by atoms with van der Waals surface area (Å²) in [5.74, 6) is -0.546. The molecule has 0 spiro atoms. The maximum Gasteiger partial charge on any atom is 0.417 e. The first kappa shape index (κ1) is 21.3. The number of amides is 3. The Labute approximate surface area is 170 Å². The highest BCUT2D eigenvalue weighted by Crippen LogP contribution is 2.23. The molecule has 2 aliphatic rings. The number of likely N-dealkylation sites (tertiary alicyclic amines) is 1. The molecule has 0 bridgehead atoms. The number of hydrogen-bond donors (Lipinski definition) is 0. The highest BCUT2D eigenvalue weighted by atomic mass is 32.2. The molecular weight excluding hydrogens is 398 g/mol. The Bertz CT molecular complexity index is 871. The molecule has 0 aliphatic carbocycles. The van der Waals surface area contributed by atoms with Gasteiger partial charge in [-0.2, -0.15) is 4.31 Å². The molecule has 2 fully saturated rings. The molecule has 3 amide bonds. The summed E-state index contributed by atoms with van der Waals surface area (Å²) in [5, 5.41) is 0. The maximum atomic E-state index is 12.8. The summed E-state index contributed by atoms with van der Waals surface area (Å²) < 4.78 is 31.2. The molecule has 0 aromatic heterocycles. The van der Waals surface area contributed by atoms with Gasteiger partial charge in [0, 0.05) is 37.8 Å². The predicted molar refractivity (Wildman–Crippen MR) is 104 cm³/mol. The quantitative estimate of drug-likeness (QED) is 0.683. The zero-order valence-corrected chi connectivity index (χ0v) is 17.4. The van der Waals surface area contributed by atoms with Crippen LogP contribution in [-0.2, 0) is 19.6 Å². The smallest absolute Gasteiger partial charge is 0.417 e. The number of sulfonamides is 1. The molecule has 0 saturated carbocycles. The summed E-state index contributed by atoms with van der Waals surface area (Å²) in [7, 11) is -3.57. The van der Waals surface area contributed by atoms with Crippen LogP contribution in [-0.4, -0.2) is 79.3 Å². The van der Waals surface area contributed by atoms with E-state index in [1.54, 1.807) is 18.7 Å². The summed E-state index contributed by atoms with van der Waals surface area (Å²) in [6, 6.07) is 5.68. The molecule has 1 aromatic carbocycles. The summed E-state index contributed by atoms with van der Waals surface area (Å²) >= 11 is 0. The van der Waals surface area contributed by atoms with Crippen LogP contribution in [0.4, 0.5) is 4.79 Å². The monoisotopic (exact) mass is 423 g/mol. The number of hydrogen-bond acceptors (Lipinski definition) is 6. The summed E-state index contributed by atoms with van der Waals surface area (Å²) in [5.41, 5.74) is 0.401. The molecule has 0 atom stereocenters. The first-order valence-corrected chi connectivity index (χ1v) is 11.1. The van der Waals surface area contributed by atoms with Gasteiger partial charge in [-0.3, -0.25) is 9.59 Å². The van der Waals surface area contributed by atoms with E-state index in [-0.39, 0.29) is 29.4 Å². The first-order chi connectivity index (χ1) is 13.8. The van der Waals surface area contributed by atoms with Crippen LogP contribution in [0.1, 0.15) is 37.0 Å². The van der Waals surface area contributed by atoms with Crippen molar-refractivity contribution in [2.24, 2.45) is 0 Å². The number of benzene rings is 1. The van der Waals surface area contributed by atoms with E-state index < -0.39 is 16.1 Å². The molecule has 158 valence electrons. The fraction of sp³-hybridized carbons (Fsp3) is 0.526. The van der Waals surface area contributed by atoms with E-state index in [1.165, 1.54) is 28.6 Å². The summed E-state index contributed by atoms with van der Waals surface area (Å²) in [4.78, 5) is 39.2. The third-order valence-electron chi connectivity index (χ3n) is 5.35. The Hall–Kier alpha value is -2.46. The van der Waals surface area contributed by atoms with E-state index in [0.29, 0.717) is 44.6 Å². The number of piperidine rings is 1. The average molecular weight is 423 g/mol. The second kappa shape index (κ2) is 8.50. The molecule has 9 nitrogen and oxygen atoms in total. The number of imide groups is 1. The molecule has 10 heteroatoms. The minimum atomic E-state index is -3.57. The second-order valence-corrected chi connectivity index (χ2v) is 8.89. The van der Waals surface area contributed by atoms with Crippen LogP contribution in [0, 0.1) is 0 Å². The number of nitrogens with zero attached hydrogens (tertiary/aromatic N) is 3. The number of carbonyl (C=O) groups is 3. The van der Waals surface area contributed by atoms with Crippen molar-refractivity contribution in [1.29, 1.82) is 0 Å². The zero-order chi connectivity index (χ0) is 21.2. The predicted octanol–water partition coefficient (Wildman–Crippen LogP) is 1.30. The van der Waals surface area contributed by atoms with Crippen LogP contribution in [0.15, 0.2) is 29.2 Å². The number of cyclic esters (lactones) is 1. The van der Waals surface area contributed by atoms with Gasteiger partial charge in [-0.15, -0.1) is 0 Å².